The first-order chi connectivity index (χ1) is 11.6. The minimum atomic E-state index is -0.406. The van der Waals surface area contributed by atoms with Crippen LogP contribution < -0.4 is 20.5 Å². The molecule has 0 bridgehead atoms. The van der Waals surface area contributed by atoms with E-state index in [4.69, 9.17) is 19.9 Å². The number of hydrogen-bond donors (Lipinski definition) is 2. The molecule has 0 aromatic heterocycles. The Bertz CT molecular complexity index is 590. The van der Waals surface area contributed by atoms with Crippen LogP contribution in [0.5, 0.6) is 11.5 Å². The Morgan fingerprint density at radius 3 is 2.67 bits per heavy atom. The minimum absolute atomic E-state index is 0.00690. The first kappa shape index (κ1) is 17.0. The van der Waals surface area contributed by atoms with Crippen molar-refractivity contribution in [1.82, 2.24) is 5.32 Å². The summed E-state index contributed by atoms with van der Waals surface area (Å²) in [6.45, 7) is 5.74. The van der Waals surface area contributed by atoms with E-state index in [0.717, 1.165) is 29.9 Å². The lowest BCUT2D eigenvalue weighted by atomic mass is 9.95. The molecule has 1 fully saturated rings. The second-order valence-electron chi connectivity index (χ2n) is 6.69. The van der Waals surface area contributed by atoms with E-state index in [0.29, 0.717) is 19.8 Å². The fraction of sp³-hybridized carbons (Fsp3) is 0.611. The highest BCUT2D eigenvalue weighted by atomic mass is 16.6. The first-order valence-corrected chi connectivity index (χ1v) is 8.64. The summed E-state index contributed by atoms with van der Waals surface area (Å²) in [5.41, 5.74) is 6.63. The Hall–Kier alpha value is -1.79. The molecule has 24 heavy (non-hydrogen) atoms. The molecule has 3 atom stereocenters. The molecule has 3 rings (SSSR count). The van der Waals surface area contributed by atoms with Crippen LogP contribution >= 0.6 is 0 Å². The standard InChI is InChI=1S/C18H26N2O4/c1-11(2)17(20-18(21)15-6-4-13(10-19)24-15)12-3-5-14-16(9-12)23-8-7-22-14/h3,5,9,11,13,15,17H,4,6-8,10,19H2,1-2H3,(H,20,21)/t13-,15+,17?/m1/s1. The Balaban J connectivity index is 1.72. The molecule has 6 heteroatoms. The molecule has 2 heterocycles. The normalized spacial score (nSPS) is 24.0. The van der Waals surface area contributed by atoms with Gasteiger partial charge in [0.15, 0.2) is 11.5 Å². The van der Waals surface area contributed by atoms with Gasteiger partial charge in [-0.3, -0.25) is 4.79 Å². The van der Waals surface area contributed by atoms with Crippen molar-refractivity contribution in [2.24, 2.45) is 11.7 Å². The van der Waals surface area contributed by atoms with Gasteiger partial charge in [-0.2, -0.15) is 0 Å². The molecule has 132 valence electrons. The number of amides is 1. The minimum Gasteiger partial charge on any atom is -0.486 e. The Kier molecular flexibility index (Phi) is 5.26. The van der Waals surface area contributed by atoms with E-state index in [9.17, 15) is 4.79 Å². The monoisotopic (exact) mass is 334 g/mol. The highest BCUT2D eigenvalue weighted by molar-refractivity contribution is 5.81. The van der Waals surface area contributed by atoms with Gasteiger partial charge in [0.25, 0.3) is 0 Å². The van der Waals surface area contributed by atoms with E-state index in [1.807, 2.05) is 18.2 Å². The zero-order chi connectivity index (χ0) is 17.1. The van der Waals surface area contributed by atoms with Crippen LogP contribution in [0, 0.1) is 5.92 Å². The lowest BCUT2D eigenvalue weighted by molar-refractivity contribution is -0.133. The quantitative estimate of drug-likeness (QED) is 0.858. The van der Waals surface area contributed by atoms with E-state index < -0.39 is 6.10 Å². The van der Waals surface area contributed by atoms with Crippen LogP contribution in [0.1, 0.15) is 38.3 Å². The molecule has 1 saturated heterocycles. The average Bonchev–Trinajstić information content (AvgIpc) is 3.08. The summed E-state index contributed by atoms with van der Waals surface area (Å²) in [6.07, 6.45) is 1.15. The lowest BCUT2D eigenvalue weighted by Gasteiger charge is -2.26. The molecule has 0 saturated carbocycles. The number of carbonyl (C=O) groups is 1. The molecule has 0 spiro atoms. The number of nitrogens with one attached hydrogen (secondary N) is 1. The summed E-state index contributed by atoms with van der Waals surface area (Å²) in [5.74, 6) is 1.66. The zero-order valence-corrected chi connectivity index (χ0v) is 14.3. The number of carbonyl (C=O) groups excluding carboxylic acids is 1. The van der Waals surface area contributed by atoms with Crippen LogP contribution in [0.15, 0.2) is 18.2 Å². The molecule has 1 aromatic rings. The third kappa shape index (κ3) is 3.65. The number of fused-ring (bicyclic) bond motifs is 1. The van der Waals surface area contributed by atoms with Crippen LogP contribution in [-0.2, 0) is 9.53 Å². The molecule has 3 N–H and O–H groups in total. The maximum absolute atomic E-state index is 12.6. The van der Waals surface area contributed by atoms with Crippen molar-refractivity contribution < 1.29 is 19.0 Å². The van der Waals surface area contributed by atoms with Gasteiger partial charge in [-0.25, -0.2) is 0 Å². The highest BCUT2D eigenvalue weighted by Gasteiger charge is 2.32. The molecule has 1 amide bonds. The van der Waals surface area contributed by atoms with Crippen molar-refractivity contribution in [3.8, 4) is 11.5 Å². The van der Waals surface area contributed by atoms with Crippen LogP contribution in [0.25, 0.3) is 0 Å². The van der Waals surface area contributed by atoms with E-state index >= 15 is 0 Å². The van der Waals surface area contributed by atoms with Gasteiger partial charge in [-0.15, -0.1) is 0 Å². The molecule has 1 unspecified atom stereocenters. The molecule has 1 aromatic carbocycles. The van der Waals surface area contributed by atoms with Crippen LogP contribution in [0.2, 0.25) is 0 Å². The predicted octanol–water partition coefficient (Wildman–Crippen LogP) is 1.78. The van der Waals surface area contributed by atoms with Gasteiger partial charge < -0.3 is 25.3 Å². The topological polar surface area (TPSA) is 82.8 Å². The first-order valence-electron chi connectivity index (χ1n) is 8.64. The molecular weight excluding hydrogens is 308 g/mol. The molecule has 2 aliphatic heterocycles. The van der Waals surface area contributed by atoms with Gasteiger partial charge in [-0.05, 0) is 36.5 Å². The van der Waals surface area contributed by atoms with Gasteiger partial charge in [0.2, 0.25) is 5.91 Å². The highest BCUT2D eigenvalue weighted by Crippen LogP contribution is 2.34. The summed E-state index contributed by atoms with van der Waals surface area (Å²) in [6, 6.07) is 5.74. The van der Waals surface area contributed by atoms with Crippen molar-refractivity contribution >= 4 is 5.91 Å². The molecule has 0 aliphatic carbocycles. The van der Waals surface area contributed by atoms with Crippen molar-refractivity contribution in [3.05, 3.63) is 23.8 Å². The lowest BCUT2D eigenvalue weighted by Crippen LogP contribution is -2.39. The molecule has 2 aliphatic rings. The largest absolute Gasteiger partial charge is 0.486 e. The molecule has 6 nitrogen and oxygen atoms in total. The second kappa shape index (κ2) is 7.40. The van der Waals surface area contributed by atoms with E-state index in [1.165, 1.54) is 0 Å². The number of benzene rings is 1. The zero-order valence-electron chi connectivity index (χ0n) is 14.3. The van der Waals surface area contributed by atoms with Gasteiger partial charge in [0.1, 0.15) is 19.3 Å². The van der Waals surface area contributed by atoms with Crippen LogP contribution in [0.3, 0.4) is 0 Å². The van der Waals surface area contributed by atoms with Crippen molar-refractivity contribution in [2.75, 3.05) is 19.8 Å². The fourth-order valence-corrected chi connectivity index (χ4v) is 3.21. The summed E-state index contributed by atoms with van der Waals surface area (Å²) in [7, 11) is 0. The van der Waals surface area contributed by atoms with Crippen LogP contribution in [0.4, 0.5) is 0 Å². The van der Waals surface area contributed by atoms with Gasteiger partial charge >= 0.3 is 0 Å². The Morgan fingerprint density at radius 2 is 2.00 bits per heavy atom. The van der Waals surface area contributed by atoms with Crippen LogP contribution in [-0.4, -0.2) is 37.9 Å². The predicted molar refractivity (Wildman–Crippen MR) is 90.1 cm³/mol. The van der Waals surface area contributed by atoms with E-state index in [-0.39, 0.29) is 24.0 Å². The smallest absolute Gasteiger partial charge is 0.249 e. The molecular formula is C18H26N2O4. The summed E-state index contributed by atoms with van der Waals surface area (Å²) in [4.78, 5) is 12.6. The number of rotatable bonds is 5. The second-order valence-corrected chi connectivity index (χ2v) is 6.69. The fourth-order valence-electron chi connectivity index (χ4n) is 3.21. The maximum atomic E-state index is 12.6. The average molecular weight is 334 g/mol. The van der Waals surface area contributed by atoms with Crippen molar-refractivity contribution in [3.63, 3.8) is 0 Å². The van der Waals surface area contributed by atoms with E-state index in [2.05, 4.69) is 19.2 Å². The third-order valence-electron chi connectivity index (χ3n) is 4.55. The summed E-state index contributed by atoms with van der Waals surface area (Å²) >= 11 is 0. The number of hydrogen-bond acceptors (Lipinski definition) is 5. The third-order valence-corrected chi connectivity index (χ3v) is 4.55. The number of nitrogens with two attached hydrogens (primary N) is 1. The Labute approximate surface area is 142 Å². The summed E-state index contributed by atoms with van der Waals surface area (Å²) < 4.78 is 16.9. The van der Waals surface area contributed by atoms with Crippen molar-refractivity contribution in [2.45, 2.75) is 44.9 Å². The Morgan fingerprint density at radius 1 is 1.25 bits per heavy atom. The molecule has 0 radical (unpaired) electrons. The maximum Gasteiger partial charge on any atom is 0.249 e. The van der Waals surface area contributed by atoms with Gasteiger partial charge in [0.05, 0.1) is 12.1 Å². The van der Waals surface area contributed by atoms with E-state index in [1.54, 1.807) is 0 Å². The van der Waals surface area contributed by atoms with Gasteiger partial charge in [0, 0.05) is 6.54 Å². The van der Waals surface area contributed by atoms with Crippen molar-refractivity contribution in [1.29, 1.82) is 0 Å². The SMILES string of the molecule is CC(C)C(NC(=O)[C@@H]1CC[C@H](CN)O1)c1ccc2c(c1)OCCO2. The number of ether oxygens (including phenoxy) is 3. The van der Waals surface area contributed by atoms with Gasteiger partial charge in [-0.1, -0.05) is 19.9 Å². The summed E-state index contributed by atoms with van der Waals surface area (Å²) in [5, 5.41) is 3.13.